The third kappa shape index (κ3) is 8.09. The molecular weight excluding hydrogens is 499 g/mol. The molecule has 1 unspecified atom stereocenters. The molecule has 200 valence electrons. The van der Waals surface area contributed by atoms with Gasteiger partial charge in [0.25, 0.3) is 0 Å². The fourth-order valence-corrected chi connectivity index (χ4v) is 5.68. The van der Waals surface area contributed by atoms with Crippen molar-refractivity contribution in [2.45, 2.75) is 56.5 Å². The van der Waals surface area contributed by atoms with E-state index in [0.29, 0.717) is 24.5 Å². The number of ether oxygens (including phenoxy) is 1. The van der Waals surface area contributed by atoms with Crippen LogP contribution >= 0.6 is 11.8 Å². The van der Waals surface area contributed by atoms with E-state index in [2.05, 4.69) is 5.32 Å². The molecule has 1 aliphatic carbocycles. The molecule has 0 radical (unpaired) electrons. The number of halogens is 1. The SMILES string of the molecule is COc1cccc(CN(C(=O)CSCc2ccc(F)cc2)C(Cc2ccccc2)C(=O)NC2CCCC2)c1. The predicted molar refractivity (Wildman–Crippen MR) is 150 cm³/mol. The van der Waals surface area contributed by atoms with Gasteiger partial charge in [-0.1, -0.05) is 67.4 Å². The largest absolute Gasteiger partial charge is 0.497 e. The minimum absolute atomic E-state index is 0.109. The minimum atomic E-state index is -0.650. The Morgan fingerprint density at radius 1 is 0.974 bits per heavy atom. The van der Waals surface area contributed by atoms with E-state index in [0.717, 1.165) is 42.4 Å². The lowest BCUT2D eigenvalue weighted by molar-refractivity contribution is -0.139. The van der Waals surface area contributed by atoms with Crippen LogP contribution in [0, 0.1) is 5.82 Å². The molecular formula is C31H35FN2O3S. The molecule has 1 fully saturated rings. The van der Waals surface area contributed by atoms with E-state index in [4.69, 9.17) is 4.74 Å². The van der Waals surface area contributed by atoms with Gasteiger partial charge in [0.2, 0.25) is 11.8 Å². The number of hydrogen-bond acceptors (Lipinski definition) is 4. The van der Waals surface area contributed by atoms with Gasteiger partial charge in [-0.15, -0.1) is 11.8 Å². The van der Waals surface area contributed by atoms with Crippen molar-refractivity contribution in [3.8, 4) is 5.75 Å². The van der Waals surface area contributed by atoms with E-state index in [1.807, 2.05) is 54.6 Å². The van der Waals surface area contributed by atoms with Crippen LogP contribution in [-0.4, -0.2) is 41.7 Å². The standard InChI is InChI=1S/C31H35FN2O3S/c1-37-28-13-7-10-25(18-28)20-34(30(35)22-38-21-24-14-16-26(32)17-15-24)29(19-23-8-3-2-4-9-23)31(36)33-27-11-5-6-12-27/h2-4,7-10,13-18,27,29H,5-6,11-12,19-22H2,1H3,(H,33,36). The summed E-state index contributed by atoms with van der Waals surface area (Å²) in [4.78, 5) is 29.2. The van der Waals surface area contributed by atoms with Gasteiger partial charge in [0.15, 0.2) is 0 Å². The summed E-state index contributed by atoms with van der Waals surface area (Å²) < 4.78 is 18.7. The topological polar surface area (TPSA) is 58.6 Å². The number of carbonyl (C=O) groups is 2. The maximum absolute atomic E-state index is 13.8. The zero-order chi connectivity index (χ0) is 26.7. The molecule has 3 aromatic carbocycles. The summed E-state index contributed by atoms with van der Waals surface area (Å²) >= 11 is 1.47. The molecule has 1 N–H and O–H groups in total. The zero-order valence-corrected chi connectivity index (χ0v) is 22.6. The van der Waals surface area contributed by atoms with Crippen LogP contribution in [0.4, 0.5) is 4.39 Å². The van der Waals surface area contributed by atoms with Gasteiger partial charge in [0.05, 0.1) is 12.9 Å². The van der Waals surface area contributed by atoms with Gasteiger partial charge >= 0.3 is 0 Å². The summed E-state index contributed by atoms with van der Waals surface area (Å²) in [5.74, 6) is 0.995. The van der Waals surface area contributed by atoms with Crippen molar-refractivity contribution in [2.75, 3.05) is 12.9 Å². The van der Waals surface area contributed by atoms with Crippen molar-refractivity contribution < 1.29 is 18.7 Å². The molecule has 3 aromatic rings. The molecule has 4 rings (SSSR count). The Hall–Kier alpha value is -3.32. The zero-order valence-electron chi connectivity index (χ0n) is 21.8. The van der Waals surface area contributed by atoms with Crippen molar-refractivity contribution in [3.63, 3.8) is 0 Å². The van der Waals surface area contributed by atoms with Crippen LogP contribution in [0.3, 0.4) is 0 Å². The van der Waals surface area contributed by atoms with Gasteiger partial charge in [0, 0.05) is 24.8 Å². The number of hydrogen-bond donors (Lipinski definition) is 1. The van der Waals surface area contributed by atoms with Gasteiger partial charge in [-0.3, -0.25) is 9.59 Å². The highest BCUT2D eigenvalue weighted by atomic mass is 32.2. The first-order valence-corrected chi connectivity index (χ1v) is 14.3. The second-order valence-electron chi connectivity index (χ2n) is 9.69. The average Bonchev–Trinajstić information content (AvgIpc) is 3.45. The second-order valence-corrected chi connectivity index (χ2v) is 10.7. The van der Waals surface area contributed by atoms with Gasteiger partial charge in [-0.2, -0.15) is 0 Å². The Morgan fingerprint density at radius 2 is 1.68 bits per heavy atom. The molecule has 38 heavy (non-hydrogen) atoms. The maximum Gasteiger partial charge on any atom is 0.243 e. The van der Waals surface area contributed by atoms with Crippen molar-refractivity contribution >= 4 is 23.6 Å². The number of rotatable bonds is 12. The van der Waals surface area contributed by atoms with Crippen LogP contribution in [0.25, 0.3) is 0 Å². The number of nitrogens with one attached hydrogen (secondary N) is 1. The average molecular weight is 535 g/mol. The number of amides is 2. The van der Waals surface area contributed by atoms with Crippen LogP contribution in [0.5, 0.6) is 5.75 Å². The second kappa shape index (κ2) is 14.0. The summed E-state index contributed by atoms with van der Waals surface area (Å²) in [5, 5.41) is 3.23. The molecule has 0 heterocycles. The molecule has 0 spiro atoms. The fraction of sp³-hybridized carbons (Fsp3) is 0.355. The number of nitrogens with zero attached hydrogens (tertiary/aromatic N) is 1. The minimum Gasteiger partial charge on any atom is -0.497 e. The Morgan fingerprint density at radius 3 is 2.39 bits per heavy atom. The highest BCUT2D eigenvalue weighted by molar-refractivity contribution is 7.99. The molecule has 0 aliphatic heterocycles. The Labute approximate surface area is 228 Å². The lowest BCUT2D eigenvalue weighted by atomic mass is 10.0. The molecule has 0 bridgehead atoms. The lowest BCUT2D eigenvalue weighted by Crippen LogP contribution is -2.52. The van der Waals surface area contributed by atoms with Gasteiger partial charge < -0.3 is 15.0 Å². The normalized spacial score (nSPS) is 14.2. The Balaban J connectivity index is 1.57. The number of carbonyl (C=O) groups excluding carboxylic acids is 2. The predicted octanol–water partition coefficient (Wildman–Crippen LogP) is 5.77. The van der Waals surface area contributed by atoms with Gasteiger partial charge in [0.1, 0.15) is 17.6 Å². The van der Waals surface area contributed by atoms with E-state index in [9.17, 15) is 14.0 Å². The summed E-state index contributed by atoms with van der Waals surface area (Å²) in [6.45, 7) is 0.294. The molecule has 0 saturated heterocycles. The van der Waals surface area contributed by atoms with Gasteiger partial charge in [-0.25, -0.2) is 4.39 Å². The van der Waals surface area contributed by atoms with Crippen molar-refractivity contribution in [3.05, 3.63) is 101 Å². The highest BCUT2D eigenvalue weighted by Crippen LogP contribution is 2.22. The van der Waals surface area contributed by atoms with E-state index in [1.165, 1.54) is 23.9 Å². The van der Waals surface area contributed by atoms with Crippen molar-refractivity contribution in [1.82, 2.24) is 10.2 Å². The first-order valence-electron chi connectivity index (χ1n) is 13.1. The first-order chi connectivity index (χ1) is 18.5. The quantitative estimate of drug-likeness (QED) is 0.321. The van der Waals surface area contributed by atoms with E-state index < -0.39 is 6.04 Å². The summed E-state index contributed by atoms with van der Waals surface area (Å²) in [6.07, 6.45) is 4.60. The van der Waals surface area contributed by atoms with E-state index >= 15 is 0 Å². The van der Waals surface area contributed by atoms with Crippen LogP contribution in [0.15, 0.2) is 78.9 Å². The van der Waals surface area contributed by atoms with Crippen molar-refractivity contribution in [1.29, 1.82) is 0 Å². The number of methoxy groups -OCH3 is 1. The van der Waals surface area contributed by atoms with Crippen molar-refractivity contribution in [2.24, 2.45) is 0 Å². The van der Waals surface area contributed by atoms with Crippen LogP contribution in [0.1, 0.15) is 42.4 Å². The Bertz CT molecular complexity index is 1180. The summed E-state index contributed by atoms with van der Waals surface area (Å²) in [7, 11) is 1.61. The van der Waals surface area contributed by atoms with Crippen LogP contribution < -0.4 is 10.1 Å². The summed E-state index contributed by atoms with van der Waals surface area (Å²) in [5.41, 5.74) is 2.85. The molecule has 5 nitrogen and oxygen atoms in total. The molecule has 2 amide bonds. The van der Waals surface area contributed by atoms with Crippen LogP contribution in [-0.2, 0) is 28.3 Å². The molecule has 0 aromatic heterocycles. The number of thioether (sulfide) groups is 1. The van der Waals surface area contributed by atoms with E-state index in [-0.39, 0.29) is 29.4 Å². The molecule has 1 atom stereocenters. The number of benzene rings is 3. The lowest BCUT2D eigenvalue weighted by Gasteiger charge is -2.32. The van der Waals surface area contributed by atoms with E-state index in [1.54, 1.807) is 24.1 Å². The first kappa shape index (κ1) is 27.7. The third-order valence-corrected chi connectivity index (χ3v) is 7.86. The highest BCUT2D eigenvalue weighted by Gasteiger charge is 2.32. The smallest absolute Gasteiger partial charge is 0.243 e. The van der Waals surface area contributed by atoms with Gasteiger partial charge in [-0.05, 0) is 53.8 Å². The molecule has 1 aliphatic rings. The maximum atomic E-state index is 13.8. The molecule has 7 heteroatoms. The third-order valence-electron chi connectivity index (χ3n) is 6.87. The Kier molecular flexibility index (Phi) is 10.2. The fourth-order valence-electron chi connectivity index (χ4n) is 4.81. The summed E-state index contributed by atoms with van der Waals surface area (Å²) in [6, 6.07) is 23.3. The monoisotopic (exact) mass is 534 g/mol. The van der Waals surface area contributed by atoms with Crippen LogP contribution in [0.2, 0.25) is 0 Å². The molecule has 1 saturated carbocycles.